The van der Waals surface area contributed by atoms with Crippen LogP contribution in [0.15, 0.2) is 28.7 Å². The summed E-state index contributed by atoms with van der Waals surface area (Å²) in [6, 6.07) is 8.74. The SMILES string of the molecule is C#CC(CC)N[C@@H](C)c1ccc(Br)cc1. The second kappa shape index (κ2) is 5.95. The number of hydrogen-bond acceptors (Lipinski definition) is 1. The van der Waals surface area contributed by atoms with Crippen LogP contribution < -0.4 is 5.32 Å². The lowest BCUT2D eigenvalue weighted by molar-refractivity contribution is 0.512. The van der Waals surface area contributed by atoms with E-state index in [4.69, 9.17) is 6.42 Å². The molecule has 1 nitrogen and oxygen atoms in total. The Bertz CT molecular complexity index is 337. The molecule has 0 aliphatic heterocycles. The number of halogens is 1. The summed E-state index contributed by atoms with van der Waals surface area (Å²) in [6.07, 6.45) is 6.37. The van der Waals surface area contributed by atoms with Crippen LogP contribution in [0.4, 0.5) is 0 Å². The van der Waals surface area contributed by atoms with Gasteiger partial charge in [-0.25, -0.2) is 0 Å². The van der Waals surface area contributed by atoms with Crippen molar-refractivity contribution in [3.63, 3.8) is 0 Å². The first-order chi connectivity index (χ1) is 7.17. The zero-order valence-corrected chi connectivity index (χ0v) is 10.7. The van der Waals surface area contributed by atoms with E-state index in [1.54, 1.807) is 0 Å². The topological polar surface area (TPSA) is 12.0 Å². The molecular weight excluding hydrogens is 250 g/mol. The fourth-order valence-corrected chi connectivity index (χ4v) is 1.70. The molecule has 0 aromatic heterocycles. The van der Waals surface area contributed by atoms with Crippen molar-refractivity contribution >= 4 is 15.9 Å². The number of terminal acetylenes is 1. The highest BCUT2D eigenvalue weighted by Gasteiger charge is 2.08. The zero-order chi connectivity index (χ0) is 11.3. The van der Waals surface area contributed by atoms with Crippen molar-refractivity contribution in [1.29, 1.82) is 0 Å². The molecule has 0 amide bonds. The summed E-state index contributed by atoms with van der Waals surface area (Å²) in [7, 11) is 0. The van der Waals surface area contributed by atoms with E-state index in [1.807, 2.05) is 12.1 Å². The maximum atomic E-state index is 5.41. The van der Waals surface area contributed by atoms with Crippen LogP contribution in [0.2, 0.25) is 0 Å². The van der Waals surface area contributed by atoms with E-state index in [0.717, 1.165) is 10.9 Å². The average Bonchev–Trinajstić information content (AvgIpc) is 2.26. The van der Waals surface area contributed by atoms with Crippen LogP contribution in [0.5, 0.6) is 0 Å². The lowest BCUT2D eigenvalue weighted by atomic mass is 10.1. The first-order valence-corrected chi connectivity index (χ1v) is 5.94. The second-order valence-corrected chi connectivity index (χ2v) is 4.48. The highest BCUT2D eigenvalue weighted by Crippen LogP contribution is 2.17. The molecule has 1 N–H and O–H groups in total. The fourth-order valence-electron chi connectivity index (χ4n) is 1.43. The summed E-state index contributed by atoms with van der Waals surface area (Å²) in [5, 5.41) is 3.40. The zero-order valence-electron chi connectivity index (χ0n) is 9.13. The first kappa shape index (κ1) is 12.3. The Balaban J connectivity index is 2.65. The van der Waals surface area contributed by atoms with E-state index >= 15 is 0 Å². The molecule has 1 aromatic carbocycles. The van der Waals surface area contributed by atoms with E-state index in [2.05, 4.69) is 53.1 Å². The van der Waals surface area contributed by atoms with Crippen LogP contribution in [0.25, 0.3) is 0 Å². The van der Waals surface area contributed by atoms with Gasteiger partial charge in [0.05, 0.1) is 6.04 Å². The van der Waals surface area contributed by atoms with Gasteiger partial charge in [0.2, 0.25) is 0 Å². The minimum Gasteiger partial charge on any atom is -0.297 e. The summed E-state index contributed by atoms with van der Waals surface area (Å²) in [5.74, 6) is 2.74. The average molecular weight is 266 g/mol. The van der Waals surface area contributed by atoms with Gasteiger partial charge in [0.25, 0.3) is 0 Å². The van der Waals surface area contributed by atoms with Crippen molar-refractivity contribution in [2.75, 3.05) is 0 Å². The minimum absolute atomic E-state index is 0.156. The molecular formula is C13H16BrN. The maximum absolute atomic E-state index is 5.41. The summed E-state index contributed by atoms with van der Waals surface area (Å²) in [5.41, 5.74) is 1.26. The number of nitrogens with one attached hydrogen (secondary N) is 1. The van der Waals surface area contributed by atoms with Gasteiger partial charge in [-0.3, -0.25) is 5.32 Å². The number of hydrogen-bond donors (Lipinski definition) is 1. The predicted octanol–water partition coefficient (Wildman–Crippen LogP) is 3.51. The number of rotatable bonds is 4. The first-order valence-electron chi connectivity index (χ1n) is 5.15. The van der Waals surface area contributed by atoms with Crippen molar-refractivity contribution < 1.29 is 0 Å². The third-order valence-corrected chi connectivity index (χ3v) is 2.96. The third-order valence-electron chi connectivity index (χ3n) is 2.43. The van der Waals surface area contributed by atoms with Gasteiger partial charge in [0.15, 0.2) is 0 Å². The molecule has 0 saturated carbocycles. The summed E-state index contributed by atoms with van der Waals surface area (Å²) >= 11 is 3.42. The standard InChI is InChI=1S/C13H16BrN/c1-4-13(5-2)15-10(3)11-6-8-12(14)9-7-11/h1,6-10,13,15H,5H2,2-3H3/t10-,13?/m0/s1. The Kier molecular flexibility index (Phi) is 4.87. The minimum atomic E-state index is 0.156. The van der Waals surface area contributed by atoms with E-state index in [9.17, 15) is 0 Å². The molecule has 2 atom stereocenters. The lowest BCUT2D eigenvalue weighted by Crippen LogP contribution is -2.29. The van der Waals surface area contributed by atoms with Gasteiger partial charge in [-0.15, -0.1) is 6.42 Å². The molecule has 0 bridgehead atoms. The van der Waals surface area contributed by atoms with Crippen LogP contribution in [0.1, 0.15) is 31.9 Å². The summed E-state index contributed by atoms with van der Waals surface area (Å²) in [6.45, 7) is 4.22. The lowest BCUT2D eigenvalue weighted by Gasteiger charge is -2.18. The van der Waals surface area contributed by atoms with Gasteiger partial charge < -0.3 is 0 Å². The Hall–Kier alpha value is -0.780. The van der Waals surface area contributed by atoms with Crippen LogP contribution in [0, 0.1) is 12.3 Å². The van der Waals surface area contributed by atoms with Crippen LogP contribution >= 0.6 is 15.9 Å². The molecule has 0 radical (unpaired) electrons. The van der Waals surface area contributed by atoms with Crippen LogP contribution in [0.3, 0.4) is 0 Å². The van der Waals surface area contributed by atoms with Gasteiger partial charge >= 0.3 is 0 Å². The molecule has 0 aliphatic carbocycles. The Labute approximate surface area is 100 Å². The van der Waals surface area contributed by atoms with E-state index in [0.29, 0.717) is 6.04 Å². The molecule has 0 saturated heterocycles. The smallest absolute Gasteiger partial charge is 0.0688 e. The van der Waals surface area contributed by atoms with Gasteiger partial charge in [0, 0.05) is 10.5 Å². The Morgan fingerprint density at radius 1 is 1.40 bits per heavy atom. The van der Waals surface area contributed by atoms with E-state index < -0.39 is 0 Å². The van der Waals surface area contributed by atoms with Gasteiger partial charge in [-0.2, -0.15) is 0 Å². The van der Waals surface area contributed by atoms with E-state index in [-0.39, 0.29) is 6.04 Å². The Morgan fingerprint density at radius 2 is 2.00 bits per heavy atom. The normalized spacial score (nSPS) is 14.3. The van der Waals surface area contributed by atoms with Gasteiger partial charge in [0.1, 0.15) is 0 Å². The van der Waals surface area contributed by atoms with Crippen LogP contribution in [-0.2, 0) is 0 Å². The monoisotopic (exact) mass is 265 g/mol. The molecule has 0 spiro atoms. The van der Waals surface area contributed by atoms with Crippen molar-refractivity contribution in [3.05, 3.63) is 34.3 Å². The molecule has 0 aliphatic rings. The maximum Gasteiger partial charge on any atom is 0.0688 e. The van der Waals surface area contributed by atoms with E-state index in [1.165, 1.54) is 5.56 Å². The molecule has 1 rings (SSSR count). The van der Waals surface area contributed by atoms with Gasteiger partial charge in [-0.05, 0) is 31.0 Å². The molecule has 0 fully saturated rings. The molecule has 1 unspecified atom stereocenters. The van der Waals surface area contributed by atoms with Crippen molar-refractivity contribution in [2.24, 2.45) is 0 Å². The van der Waals surface area contributed by atoms with Crippen molar-refractivity contribution in [2.45, 2.75) is 32.4 Å². The van der Waals surface area contributed by atoms with Crippen LogP contribution in [-0.4, -0.2) is 6.04 Å². The Morgan fingerprint density at radius 3 is 2.47 bits per heavy atom. The van der Waals surface area contributed by atoms with Gasteiger partial charge in [-0.1, -0.05) is 40.9 Å². The highest BCUT2D eigenvalue weighted by molar-refractivity contribution is 9.10. The highest BCUT2D eigenvalue weighted by atomic mass is 79.9. The predicted molar refractivity (Wildman–Crippen MR) is 68.6 cm³/mol. The second-order valence-electron chi connectivity index (χ2n) is 3.57. The van der Waals surface area contributed by atoms with Crippen molar-refractivity contribution in [1.82, 2.24) is 5.32 Å². The fraction of sp³-hybridized carbons (Fsp3) is 0.385. The molecule has 80 valence electrons. The quantitative estimate of drug-likeness (QED) is 0.822. The van der Waals surface area contributed by atoms with Crippen molar-refractivity contribution in [3.8, 4) is 12.3 Å². The molecule has 1 aromatic rings. The summed E-state index contributed by atoms with van der Waals surface area (Å²) < 4.78 is 1.10. The molecule has 0 heterocycles. The molecule has 15 heavy (non-hydrogen) atoms. The molecule has 2 heteroatoms. The third kappa shape index (κ3) is 3.70. The largest absolute Gasteiger partial charge is 0.297 e. The summed E-state index contributed by atoms with van der Waals surface area (Å²) in [4.78, 5) is 0. The number of benzene rings is 1.